The summed E-state index contributed by atoms with van der Waals surface area (Å²) in [5.41, 5.74) is 6.87. The summed E-state index contributed by atoms with van der Waals surface area (Å²) in [6, 6.07) is 5.46. The molecule has 3 N–H and O–H groups in total. The molecule has 0 heterocycles. The first-order valence-corrected chi connectivity index (χ1v) is 7.09. The Kier molecular flexibility index (Phi) is 5.95. The molecule has 0 fully saturated rings. The third-order valence-electron chi connectivity index (χ3n) is 3.06. The van der Waals surface area contributed by atoms with Crippen molar-refractivity contribution in [1.29, 1.82) is 0 Å². The van der Waals surface area contributed by atoms with Crippen LogP contribution < -0.4 is 5.73 Å². The fraction of sp³-hybridized carbons (Fsp3) is 0.471. The van der Waals surface area contributed by atoms with Gasteiger partial charge in [-0.1, -0.05) is 17.9 Å². The van der Waals surface area contributed by atoms with E-state index in [0.29, 0.717) is 18.7 Å². The molecule has 0 saturated heterocycles. The highest BCUT2D eigenvalue weighted by Crippen LogP contribution is 2.14. The molecule has 0 unspecified atom stereocenters. The van der Waals surface area contributed by atoms with Gasteiger partial charge in [0.15, 0.2) is 0 Å². The van der Waals surface area contributed by atoms with Crippen LogP contribution in [0.4, 0.5) is 0 Å². The van der Waals surface area contributed by atoms with E-state index in [9.17, 15) is 9.90 Å². The topological polar surface area (TPSA) is 66.6 Å². The maximum atomic E-state index is 12.5. The van der Waals surface area contributed by atoms with E-state index >= 15 is 0 Å². The summed E-state index contributed by atoms with van der Waals surface area (Å²) >= 11 is 0. The molecule has 0 aliphatic rings. The molecule has 4 nitrogen and oxygen atoms in total. The summed E-state index contributed by atoms with van der Waals surface area (Å²) in [4.78, 5) is 14.2. The van der Waals surface area contributed by atoms with Crippen LogP contribution in [0.15, 0.2) is 18.2 Å². The molecule has 4 heteroatoms. The van der Waals surface area contributed by atoms with Crippen molar-refractivity contribution in [2.45, 2.75) is 33.3 Å². The van der Waals surface area contributed by atoms with E-state index in [1.54, 1.807) is 30.9 Å². The minimum absolute atomic E-state index is 0.101. The molecule has 1 aromatic carbocycles. The van der Waals surface area contributed by atoms with Gasteiger partial charge in [0.25, 0.3) is 5.91 Å². The Hall–Kier alpha value is -1.83. The summed E-state index contributed by atoms with van der Waals surface area (Å²) in [5, 5.41) is 9.90. The lowest BCUT2D eigenvalue weighted by atomic mass is 10.0. The number of nitrogens with two attached hydrogens (primary N) is 1. The standard InChI is InChI=1S/C17H24N2O2/c1-5-19(12-17(3,4)21)16(20)15-9-8-13(2)14(11-15)7-6-10-18/h8-9,11,21H,5,10,12,18H2,1-4H3. The van der Waals surface area contributed by atoms with Gasteiger partial charge in [0.05, 0.1) is 12.1 Å². The second kappa shape index (κ2) is 7.26. The van der Waals surface area contributed by atoms with Crippen molar-refractivity contribution in [2.75, 3.05) is 19.6 Å². The third-order valence-corrected chi connectivity index (χ3v) is 3.06. The number of carbonyl (C=O) groups excluding carboxylic acids is 1. The SMILES string of the molecule is CCN(CC(C)(C)O)C(=O)c1ccc(C)c(C#CCN)c1. The fourth-order valence-corrected chi connectivity index (χ4v) is 2.01. The number of aliphatic hydroxyl groups is 1. The Morgan fingerprint density at radius 2 is 2.10 bits per heavy atom. The highest BCUT2D eigenvalue weighted by atomic mass is 16.3. The number of hydrogen-bond donors (Lipinski definition) is 2. The van der Waals surface area contributed by atoms with Gasteiger partial charge in [0, 0.05) is 24.2 Å². The van der Waals surface area contributed by atoms with Crippen LogP contribution in [-0.4, -0.2) is 41.1 Å². The highest BCUT2D eigenvalue weighted by Gasteiger charge is 2.22. The molecule has 0 atom stereocenters. The van der Waals surface area contributed by atoms with Crippen LogP contribution in [0, 0.1) is 18.8 Å². The first-order chi connectivity index (χ1) is 9.78. The predicted molar refractivity (Wildman–Crippen MR) is 85.0 cm³/mol. The molecule has 1 rings (SSSR count). The Labute approximate surface area is 127 Å². The van der Waals surface area contributed by atoms with Crippen molar-refractivity contribution in [2.24, 2.45) is 5.73 Å². The van der Waals surface area contributed by atoms with Crippen LogP contribution in [0.5, 0.6) is 0 Å². The molecule has 0 aliphatic carbocycles. The van der Waals surface area contributed by atoms with Crippen molar-refractivity contribution in [3.8, 4) is 11.8 Å². The van der Waals surface area contributed by atoms with Gasteiger partial charge >= 0.3 is 0 Å². The van der Waals surface area contributed by atoms with Gasteiger partial charge in [0.2, 0.25) is 0 Å². The number of aryl methyl sites for hydroxylation is 1. The van der Waals surface area contributed by atoms with Gasteiger partial charge in [-0.3, -0.25) is 4.79 Å². The van der Waals surface area contributed by atoms with E-state index in [0.717, 1.165) is 11.1 Å². The maximum Gasteiger partial charge on any atom is 0.253 e. The second-order valence-corrected chi connectivity index (χ2v) is 5.67. The summed E-state index contributed by atoms with van der Waals surface area (Å²) in [6.07, 6.45) is 0. The van der Waals surface area contributed by atoms with Gasteiger partial charge in [-0.25, -0.2) is 0 Å². The molecule has 1 amide bonds. The van der Waals surface area contributed by atoms with Crippen LogP contribution in [-0.2, 0) is 0 Å². The number of rotatable bonds is 4. The summed E-state index contributed by atoms with van der Waals surface area (Å²) in [6.45, 7) is 8.35. The number of nitrogens with zero attached hydrogens (tertiary/aromatic N) is 1. The molecular formula is C17H24N2O2. The molecule has 0 aliphatic heterocycles. The number of likely N-dealkylation sites (N-methyl/N-ethyl adjacent to an activating group) is 1. The van der Waals surface area contributed by atoms with E-state index in [1.165, 1.54) is 0 Å². The minimum atomic E-state index is -0.918. The lowest BCUT2D eigenvalue weighted by Crippen LogP contribution is -2.42. The lowest BCUT2D eigenvalue weighted by Gasteiger charge is -2.28. The predicted octanol–water partition coefficient (Wildman–Crippen LogP) is 1.54. The second-order valence-electron chi connectivity index (χ2n) is 5.67. The van der Waals surface area contributed by atoms with Gasteiger partial charge in [-0.05, 0) is 45.4 Å². The quantitative estimate of drug-likeness (QED) is 0.826. The van der Waals surface area contributed by atoms with Crippen LogP contribution in [0.2, 0.25) is 0 Å². The lowest BCUT2D eigenvalue weighted by molar-refractivity contribution is 0.0314. The number of benzene rings is 1. The van der Waals surface area contributed by atoms with E-state index in [1.807, 2.05) is 19.9 Å². The summed E-state index contributed by atoms with van der Waals surface area (Å²) in [7, 11) is 0. The molecule has 0 spiro atoms. The molecule has 21 heavy (non-hydrogen) atoms. The Balaban J connectivity index is 3.06. The maximum absolute atomic E-state index is 12.5. The molecule has 0 saturated carbocycles. The van der Waals surface area contributed by atoms with Crippen LogP contribution in [0.25, 0.3) is 0 Å². The average Bonchev–Trinajstić information content (AvgIpc) is 2.42. The van der Waals surface area contributed by atoms with E-state index < -0.39 is 5.60 Å². The molecule has 1 aromatic rings. The normalized spacial score (nSPS) is 10.8. The van der Waals surface area contributed by atoms with Crippen LogP contribution in [0.1, 0.15) is 42.3 Å². The zero-order valence-electron chi connectivity index (χ0n) is 13.2. The molecule has 0 bridgehead atoms. The van der Waals surface area contributed by atoms with Crippen molar-refractivity contribution in [3.05, 3.63) is 34.9 Å². The smallest absolute Gasteiger partial charge is 0.253 e. The highest BCUT2D eigenvalue weighted by molar-refractivity contribution is 5.94. The zero-order chi connectivity index (χ0) is 16.0. The van der Waals surface area contributed by atoms with E-state index in [4.69, 9.17) is 5.73 Å². The number of carbonyl (C=O) groups is 1. The van der Waals surface area contributed by atoms with Crippen molar-refractivity contribution in [1.82, 2.24) is 4.90 Å². The summed E-state index contributed by atoms with van der Waals surface area (Å²) < 4.78 is 0. The fourth-order valence-electron chi connectivity index (χ4n) is 2.01. The summed E-state index contributed by atoms with van der Waals surface area (Å²) in [5.74, 6) is 5.68. The average molecular weight is 288 g/mol. The molecule has 0 radical (unpaired) electrons. The first kappa shape index (κ1) is 17.2. The van der Waals surface area contributed by atoms with Crippen molar-refractivity contribution >= 4 is 5.91 Å². The van der Waals surface area contributed by atoms with E-state index in [2.05, 4.69) is 11.8 Å². The Bertz CT molecular complexity index is 562. The van der Waals surface area contributed by atoms with Crippen molar-refractivity contribution in [3.63, 3.8) is 0 Å². The monoisotopic (exact) mass is 288 g/mol. The zero-order valence-corrected chi connectivity index (χ0v) is 13.2. The molecular weight excluding hydrogens is 264 g/mol. The van der Waals surface area contributed by atoms with Gasteiger partial charge in [-0.15, -0.1) is 0 Å². The molecule has 114 valence electrons. The molecule has 0 aromatic heterocycles. The minimum Gasteiger partial charge on any atom is -0.389 e. The van der Waals surface area contributed by atoms with Crippen molar-refractivity contribution < 1.29 is 9.90 Å². The first-order valence-electron chi connectivity index (χ1n) is 7.09. The number of amides is 1. The van der Waals surface area contributed by atoms with Crippen LogP contribution in [0.3, 0.4) is 0 Å². The van der Waals surface area contributed by atoms with Gasteiger partial charge in [0.1, 0.15) is 0 Å². The number of hydrogen-bond acceptors (Lipinski definition) is 3. The third kappa shape index (κ3) is 5.22. The van der Waals surface area contributed by atoms with E-state index in [-0.39, 0.29) is 12.5 Å². The van der Waals surface area contributed by atoms with Crippen LogP contribution >= 0.6 is 0 Å². The Morgan fingerprint density at radius 1 is 1.43 bits per heavy atom. The largest absolute Gasteiger partial charge is 0.389 e. The van der Waals surface area contributed by atoms with Gasteiger partial charge < -0.3 is 15.7 Å². The van der Waals surface area contributed by atoms with Gasteiger partial charge in [-0.2, -0.15) is 0 Å². The Morgan fingerprint density at radius 3 is 2.62 bits per heavy atom.